The van der Waals surface area contributed by atoms with Crippen LogP contribution in [-0.2, 0) is 10.0 Å². The molecule has 4 rings (SSSR count). The number of hydrogen-bond acceptors (Lipinski definition) is 4. The van der Waals surface area contributed by atoms with Gasteiger partial charge >= 0.3 is 0 Å². The molecule has 1 amide bonds. The van der Waals surface area contributed by atoms with Gasteiger partial charge in [0, 0.05) is 37.3 Å². The van der Waals surface area contributed by atoms with Crippen LogP contribution in [0.2, 0.25) is 0 Å². The quantitative estimate of drug-likeness (QED) is 0.665. The second kappa shape index (κ2) is 8.85. The van der Waals surface area contributed by atoms with Gasteiger partial charge in [-0.15, -0.1) is 4.40 Å². The third-order valence-corrected chi connectivity index (χ3v) is 6.64. The van der Waals surface area contributed by atoms with Gasteiger partial charge in [-0.3, -0.25) is 9.78 Å². The number of sulfonamides is 1. The molecule has 0 bridgehead atoms. The van der Waals surface area contributed by atoms with Crippen molar-refractivity contribution in [2.75, 3.05) is 18.9 Å². The van der Waals surface area contributed by atoms with Crippen LogP contribution in [0.5, 0.6) is 0 Å². The van der Waals surface area contributed by atoms with E-state index in [0.29, 0.717) is 17.9 Å². The van der Waals surface area contributed by atoms with Crippen LogP contribution < -0.4 is 5.32 Å². The zero-order valence-electron chi connectivity index (χ0n) is 17.3. The van der Waals surface area contributed by atoms with E-state index >= 15 is 0 Å². The Morgan fingerprint density at radius 1 is 1.06 bits per heavy atom. The third-order valence-electron chi connectivity index (χ3n) is 5.34. The highest BCUT2D eigenvalue weighted by Gasteiger charge is 2.19. The Balaban J connectivity index is 1.60. The van der Waals surface area contributed by atoms with Crippen molar-refractivity contribution < 1.29 is 13.2 Å². The van der Waals surface area contributed by atoms with E-state index in [4.69, 9.17) is 0 Å². The maximum atomic E-state index is 12.9. The molecule has 0 aliphatic carbocycles. The van der Waals surface area contributed by atoms with Crippen LogP contribution in [0.3, 0.4) is 0 Å². The minimum Gasteiger partial charge on any atom is -0.362 e. The minimum atomic E-state index is -3.89. The van der Waals surface area contributed by atoms with Gasteiger partial charge in [-0.05, 0) is 42.5 Å². The highest BCUT2D eigenvalue weighted by molar-refractivity contribution is 7.90. The highest BCUT2D eigenvalue weighted by Crippen LogP contribution is 2.22. The fourth-order valence-electron chi connectivity index (χ4n) is 3.66. The van der Waals surface area contributed by atoms with Crippen LogP contribution in [0.1, 0.15) is 36.2 Å². The Kier molecular flexibility index (Phi) is 5.99. The van der Waals surface area contributed by atoms with Crippen LogP contribution in [0.4, 0.5) is 5.69 Å². The Labute approximate surface area is 181 Å². The van der Waals surface area contributed by atoms with Crippen molar-refractivity contribution in [2.45, 2.75) is 30.6 Å². The summed E-state index contributed by atoms with van der Waals surface area (Å²) in [5.74, 6) is 0.174. The maximum absolute atomic E-state index is 12.9. The maximum Gasteiger partial charge on any atom is 0.284 e. The average molecular weight is 437 g/mol. The summed E-state index contributed by atoms with van der Waals surface area (Å²) in [5.41, 5.74) is 0.655. The average Bonchev–Trinajstić information content (AvgIpc) is 2.97. The van der Waals surface area contributed by atoms with E-state index in [0.717, 1.165) is 36.6 Å². The zero-order valence-corrected chi connectivity index (χ0v) is 18.1. The van der Waals surface area contributed by atoms with Gasteiger partial charge in [0.05, 0.1) is 4.90 Å². The summed E-state index contributed by atoms with van der Waals surface area (Å²) in [7, 11) is -2.02. The van der Waals surface area contributed by atoms with Gasteiger partial charge in [0.15, 0.2) is 0 Å². The minimum absolute atomic E-state index is 0.0429. The number of fused-ring (bicyclic) bond motifs is 1. The van der Waals surface area contributed by atoms with Gasteiger partial charge in [-0.25, -0.2) is 0 Å². The Morgan fingerprint density at radius 2 is 1.90 bits per heavy atom. The van der Waals surface area contributed by atoms with E-state index in [1.54, 1.807) is 18.3 Å². The summed E-state index contributed by atoms with van der Waals surface area (Å²) < 4.78 is 29.9. The number of aromatic nitrogens is 1. The number of rotatable bonds is 4. The molecule has 7 nitrogen and oxygen atoms in total. The molecule has 2 heterocycles. The van der Waals surface area contributed by atoms with Crippen LogP contribution >= 0.6 is 0 Å². The summed E-state index contributed by atoms with van der Waals surface area (Å²) in [6.07, 6.45) is 5.23. The molecule has 1 fully saturated rings. The Hall–Kier alpha value is -3.26. The number of amidine groups is 1. The molecule has 1 aliphatic rings. The lowest BCUT2D eigenvalue weighted by molar-refractivity contribution is 0.102. The lowest BCUT2D eigenvalue weighted by Crippen LogP contribution is -2.26. The Bertz CT molecular complexity index is 1250. The van der Waals surface area contributed by atoms with Crippen molar-refractivity contribution in [3.8, 4) is 0 Å². The molecule has 2 aromatic carbocycles. The summed E-state index contributed by atoms with van der Waals surface area (Å²) in [6.45, 7) is 0.794. The number of carbonyl (C=O) groups is 1. The third kappa shape index (κ3) is 4.74. The highest BCUT2D eigenvalue weighted by atomic mass is 32.2. The van der Waals surface area contributed by atoms with E-state index < -0.39 is 15.9 Å². The second-order valence-electron chi connectivity index (χ2n) is 7.58. The molecule has 1 N–H and O–H groups in total. The van der Waals surface area contributed by atoms with Gasteiger partial charge in [0.1, 0.15) is 11.5 Å². The van der Waals surface area contributed by atoms with E-state index in [9.17, 15) is 13.2 Å². The van der Waals surface area contributed by atoms with E-state index in [-0.39, 0.29) is 10.6 Å². The molecule has 3 aromatic rings. The number of carbonyl (C=O) groups excluding carboxylic acids is 1. The molecule has 0 atom stereocenters. The van der Waals surface area contributed by atoms with Crippen molar-refractivity contribution in [3.63, 3.8) is 0 Å². The fraction of sp³-hybridized carbons (Fsp3) is 0.261. The second-order valence-corrected chi connectivity index (χ2v) is 9.18. The molecule has 1 saturated heterocycles. The molecule has 31 heavy (non-hydrogen) atoms. The molecule has 8 heteroatoms. The van der Waals surface area contributed by atoms with Crippen LogP contribution in [0.15, 0.2) is 70.1 Å². The SMILES string of the molecule is CN1CCCCC/C1=N\S(=O)(=O)c1cccc(NC(=O)c2nccc3ccccc23)c1. The summed E-state index contributed by atoms with van der Waals surface area (Å²) in [5, 5.41) is 4.40. The number of anilines is 1. The summed E-state index contributed by atoms with van der Waals surface area (Å²) >= 11 is 0. The molecule has 1 aromatic heterocycles. The first-order valence-corrected chi connectivity index (χ1v) is 11.7. The topological polar surface area (TPSA) is 91.7 Å². The molecular weight excluding hydrogens is 412 g/mol. The van der Waals surface area contributed by atoms with Gasteiger partial charge in [-0.2, -0.15) is 8.42 Å². The lowest BCUT2D eigenvalue weighted by atomic mass is 10.1. The molecule has 0 saturated carbocycles. The number of hydrogen-bond donors (Lipinski definition) is 1. The number of benzene rings is 2. The Morgan fingerprint density at radius 3 is 2.77 bits per heavy atom. The van der Waals surface area contributed by atoms with Crippen LogP contribution in [-0.4, -0.2) is 43.6 Å². The monoisotopic (exact) mass is 436 g/mol. The molecule has 0 spiro atoms. The largest absolute Gasteiger partial charge is 0.362 e. The molecule has 0 unspecified atom stereocenters. The van der Waals surface area contributed by atoms with Crippen molar-refractivity contribution >= 4 is 38.2 Å². The predicted molar refractivity (Wildman–Crippen MR) is 122 cm³/mol. The van der Waals surface area contributed by atoms with Gasteiger partial charge in [0.2, 0.25) is 0 Å². The van der Waals surface area contributed by atoms with Crippen molar-refractivity contribution in [1.29, 1.82) is 0 Å². The number of amides is 1. The van der Waals surface area contributed by atoms with E-state index in [2.05, 4.69) is 14.7 Å². The number of pyridine rings is 1. The number of nitrogens with zero attached hydrogens (tertiary/aromatic N) is 3. The van der Waals surface area contributed by atoms with Gasteiger partial charge in [0.25, 0.3) is 15.9 Å². The summed E-state index contributed by atoms with van der Waals surface area (Å²) in [4.78, 5) is 19.0. The molecule has 0 radical (unpaired) electrons. The standard InChI is InChI=1S/C23H24N4O3S/c1-27-15-6-2-3-12-21(27)26-31(29,30)19-10-7-9-18(16-19)25-23(28)22-20-11-5-4-8-17(20)13-14-24-22/h4-5,7-11,13-14,16H,2-3,6,12,15H2,1H3,(H,25,28)/b26-21+. The zero-order chi connectivity index (χ0) is 21.8. The van der Waals surface area contributed by atoms with Crippen LogP contribution in [0, 0.1) is 0 Å². The number of likely N-dealkylation sites (tertiary alicyclic amines) is 1. The molecule has 160 valence electrons. The lowest BCUT2D eigenvalue weighted by Gasteiger charge is -2.17. The van der Waals surface area contributed by atoms with E-state index in [1.165, 1.54) is 12.1 Å². The first-order chi connectivity index (χ1) is 14.9. The molecular formula is C23H24N4O3S. The van der Waals surface area contributed by atoms with Crippen molar-refractivity contribution in [1.82, 2.24) is 9.88 Å². The van der Waals surface area contributed by atoms with Crippen molar-refractivity contribution in [2.24, 2.45) is 4.40 Å². The van der Waals surface area contributed by atoms with Gasteiger partial charge < -0.3 is 10.2 Å². The fourth-order valence-corrected chi connectivity index (χ4v) is 4.80. The van der Waals surface area contributed by atoms with Crippen molar-refractivity contribution in [3.05, 3.63) is 66.5 Å². The molecule has 1 aliphatic heterocycles. The first kappa shape index (κ1) is 21.0. The van der Waals surface area contributed by atoms with E-state index in [1.807, 2.05) is 42.3 Å². The van der Waals surface area contributed by atoms with Crippen LogP contribution in [0.25, 0.3) is 10.8 Å². The first-order valence-electron chi connectivity index (χ1n) is 10.2. The normalized spacial score (nSPS) is 16.3. The van der Waals surface area contributed by atoms with Gasteiger partial charge in [-0.1, -0.05) is 36.8 Å². The number of nitrogens with one attached hydrogen (secondary N) is 1. The summed E-state index contributed by atoms with van der Waals surface area (Å²) in [6, 6.07) is 15.5. The smallest absolute Gasteiger partial charge is 0.284 e. The predicted octanol–water partition coefficient (Wildman–Crippen LogP) is 4.08.